The van der Waals surface area contributed by atoms with E-state index in [0.29, 0.717) is 5.56 Å². The van der Waals surface area contributed by atoms with Gasteiger partial charge in [-0.05, 0) is 50.2 Å². The molecule has 2 aromatic rings. The molecule has 0 saturated carbocycles. The topological polar surface area (TPSA) is 95.5 Å². The van der Waals surface area contributed by atoms with Gasteiger partial charge in [-0.2, -0.15) is 4.72 Å². The average molecular weight is 358 g/mol. The van der Waals surface area contributed by atoms with Gasteiger partial charge in [0.15, 0.2) is 0 Å². The zero-order chi connectivity index (χ0) is 18.4. The molecule has 0 radical (unpaired) electrons. The van der Waals surface area contributed by atoms with Gasteiger partial charge in [0, 0.05) is 11.1 Å². The first-order chi connectivity index (χ1) is 11.8. The molecular weight excluding hydrogens is 340 g/mol. The van der Waals surface area contributed by atoms with Gasteiger partial charge in [-0.1, -0.05) is 29.5 Å². The molecule has 6 nitrogen and oxygen atoms in total. The zero-order valence-electron chi connectivity index (χ0n) is 13.8. The lowest BCUT2D eigenvalue weighted by atomic mass is 10.1. The number of carbonyl (C=O) groups is 1. The van der Waals surface area contributed by atoms with Crippen LogP contribution in [0.5, 0.6) is 0 Å². The Kier molecular flexibility index (Phi) is 5.93. The van der Waals surface area contributed by atoms with Crippen molar-refractivity contribution >= 4 is 15.9 Å². The highest BCUT2D eigenvalue weighted by Gasteiger charge is 2.21. The van der Waals surface area contributed by atoms with Gasteiger partial charge in [0.1, 0.15) is 6.04 Å². The third-order valence-corrected chi connectivity index (χ3v) is 4.96. The van der Waals surface area contributed by atoms with Crippen molar-refractivity contribution in [2.45, 2.75) is 24.8 Å². The van der Waals surface area contributed by atoms with E-state index in [1.54, 1.807) is 12.1 Å². The maximum Gasteiger partial charge on any atom is 0.261 e. The van der Waals surface area contributed by atoms with Gasteiger partial charge in [0.25, 0.3) is 5.91 Å². The summed E-state index contributed by atoms with van der Waals surface area (Å²) in [7, 11) is -3.87. The fourth-order valence-corrected chi connectivity index (χ4v) is 3.15. The largest absolute Gasteiger partial charge is 0.289 e. The lowest BCUT2D eigenvalue weighted by Crippen LogP contribution is -2.43. The molecule has 3 N–H and O–H groups in total. The van der Waals surface area contributed by atoms with Crippen molar-refractivity contribution in [3.05, 3.63) is 65.2 Å². The van der Waals surface area contributed by atoms with Gasteiger partial charge in [0.2, 0.25) is 10.0 Å². The number of rotatable bonds is 4. The van der Waals surface area contributed by atoms with Crippen molar-refractivity contribution in [3.8, 4) is 11.8 Å². The summed E-state index contributed by atoms with van der Waals surface area (Å²) in [5, 5.41) is 8.53. The Morgan fingerprint density at radius 2 is 1.48 bits per heavy atom. The molecule has 25 heavy (non-hydrogen) atoms. The first-order valence-electron chi connectivity index (χ1n) is 7.47. The summed E-state index contributed by atoms with van der Waals surface area (Å²) in [5.41, 5.74) is 4.08. The number of benzene rings is 2. The molecule has 1 amide bonds. The van der Waals surface area contributed by atoms with Gasteiger partial charge in [-0.3, -0.25) is 10.0 Å². The van der Waals surface area contributed by atoms with Crippen molar-refractivity contribution in [1.29, 1.82) is 0 Å². The Bertz CT molecular complexity index is 908. The molecule has 130 valence electrons. The van der Waals surface area contributed by atoms with Crippen LogP contribution in [0.3, 0.4) is 0 Å². The van der Waals surface area contributed by atoms with Crippen molar-refractivity contribution < 1.29 is 18.4 Å². The Morgan fingerprint density at radius 3 is 1.96 bits per heavy atom. The number of carbonyl (C=O) groups excluding carboxylic acids is 1. The van der Waals surface area contributed by atoms with Crippen LogP contribution in [0.2, 0.25) is 0 Å². The fourth-order valence-electron chi connectivity index (χ4n) is 1.95. The van der Waals surface area contributed by atoms with Crippen molar-refractivity contribution in [2.75, 3.05) is 0 Å². The normalized spacial score (nSPS) is 12.0. The molecule has 7 heteroatoms. The summed E-state index contributed by atoms with van der Waals surface area (Å²) in [4.78, 5) is 11.2. The van der Waals surface area contributed by atoms with Crippen molar-refractivity contribution in [1.82, 2.24) is 10.2 Å². The summed E-state index contributed by atoms with van der Waals surface area (Å²) < 4.78 is 26.5. The molecule has 0 saturated heterocycles. The Balaban J connectivity index is 2.14. The zero-order valence-corrected chi connectivity index (χ0v) is 14.6. The molecule has 0 aliphatic rings. The summed E-state index contributed by atoms with van der Waals surface area (Å²) in [5.74, 6) is 5.13. The van der Waals surface area contributed by atoms with Gasteiger partial charge in [0.05, 0.1) is 4.90 Å². The van der Waals surface area contributed by atoms with E-state index >= 15 is 0 Å². The molecule has 2 rings (SSSR count). The van der Waals surface area contributed by atoms with Crippen molar-refractivity contribution in [2.24, 2.45) is 0 Å². The summed E-state index contributed by atoms with van der Waals surface area (Å²) in [6, 6.07) is 12.7. The summed E-state index contributed by atoms with van der Waals surface area (Å²) in [6.45, 7) is 3.32. The van der Waals surface area contributed by atoms with E-state index in [1.807, 2.05) is 31.2 Å². The van der Waals surface area contributed by atoms with E-state index in [1.165, 1.54) is 24.5 Å². The van der Waals surface area contributed by atoms with Crippen LogP contribution in [0, 0.1) is 18.8 Å². The molecule has 0 unspecified atom stereocenters. The van der Waals surface area contributed by atoms with Crippen LogP contribution < -0.4 is 10.2 Å². The second-order valence-corrected chi connectivity index (χ2v) is 7.17. The van der Waals surface area contributed by atoms with E-state index in [4.69, 9.17) is 5.21 Å². The smallest absolute Gasteiger partial charge is 0.261 e. The highest BCUT2D eigenvalue weighted by Crippen LogP contribution is 2.11. The lowest BCUT2D eigenvalue weighted by molar-refractivity contribution is -0.130. The minimum Gasteiger partial charge on any atom is -0.289 e. The van der Waals surface area contributed by atoms with Gasteiger partial charge >= 0.3 is 0 Å². The van der Waals surface area contributed by atoms with Crippen LogP contribution >= 0.6 is 0 Å². The van der Waals surface area contributed by atoms with E-state index in [9.17, 15) is 13.2 Å². The molecule has 2 aromatic carbocycles. The Hall–Kier alpha value is -2.66. The number of hydrogen-bond donors (Lipinski definition) is 3. The quantitative estimate of drug-likeness (QED) is 0.439. The third kappa shape index (κ3) is 5.16. The maximum absolute atomic E-state index is 12.2. The number of hydroxylamine groups is 1. The minimum absolute atomic E-state index is 0.00553. The van der Waals surface area contributed by atoms with Crippen LogP contribution in [0.1, 0.15) is 23.6 Å². The number of amides is 1. The molecule has 1 atom stereocenters. The first-order valence-corrected chi connectivity index (χ1v) is 8.95. The van der Waals surface area contributed by atoms with E-state index in [0.717, 1.165) is 11.1 Å². The molecule has 0 heterocycles. The predicted octanol–water partition coefficient (Wildman–Crippen LogP) is 1.57. The fraction of sp³-hybridized carbons (Fsp3) is 0.167. The second-order valence-electron chi connectivity index (χ2n) is 5.46. The minimum atomic E-state index is -3.87. The van der Waals surface area contributed by atoms with Crippen LogP contribution in [-0.4, -0.2) is 25.6 Å². The maximum atomic E-state index is 12.2. The summed E-state index contributed by atoms with van der Waals surface area (Å²) in [6.07, 6.45) is 0. The van der Waals surface area contributed by atoms with E-state index in [-0.39, 0.29) is 4.90 Å². The number of aryl methyl sites for hydroxylation is 1. The molecule has 0 bridgehead atoms. The highest BCUT2D eigenvalue weighted by atomic mass is 32.2. The van der Waals surface area contributed by atoms with Gasteiger partial charge in [-0.15, -0.1) is 0 Å². The SMILES string of the molecule is Cc1ccc(C#Cc2ccc(S(=O)(=O)N[C@H](C)C(=O)NO)cc2)cc1. The summed E-state index contributed by atoms with van der Waals surface area (Å²) >= 11 is 0. The third-order valence-electron chi connectivity index (χ3n) is 3.40. The lowest BCUT2D eigenvalue weighted by Gasteiger charge is -2.12. The van der Waals surface area contributed by atoms with Gasteiger partial charge < -0.3 is 0 Å². The average Bonchev–Trinajstić information content (AvgIpc) is 2.60. The van der Waals surface area contributed by atoms with Crippen LogP contribution in [0.15, 0.2) is 53.4 Å². The Labute approximate surface area is 146 Å². The highest BCUT2D eigenvalue weighted by molar-refractivity contribution is 7.89. The second kappa shape index (κ2) is 7.94. The number of nitrogens with one attached hydrogen (secondary N) is 2. The standard InChI is InChI=1S/C18H18N2O4S/c1-13-3-5-15(6-4-13)7-8-16-9-11-17(12-10-16)25(23,24)20-14(2)18(21)19-22/h3-6,9-12,14,20,22H,1-2H3,(H,19,21)/t14-/m1/s1. The van der Waals surface area contributed by atoms with Crippen LogP contribution in [0.25, 0.3) is 0 Å². The first kappa shape index (κ1) is 18.7. The van der Waals surface area contributed by atoms with Gasteiger partial charge in [-0.25, -0.2) is 13.9 Å². The van der Waals surface area contributed by atoms with E-state index < -0.39 is 22.0 Å². The number of sulfonamides is 1. The molecule has 0 aliphatic heterocycles. The predicted molar refractivity (Wildman–Crippen MR) is 93.3 cm³/mol. The number of hydrogen-bond acceptors (Lipinski definition) is 4. The molecule has 0 spiro atoms. The van der Waals surface area contributed by atoms with Crippen LogP contribution in [0.4, 0.5) is 0 Å². The molecule has 0 aromatic heterocycles. The Morgan fingerprint density at radius 1 is 1.00 bits per heavy atom. The van der Waals surface area contributed by atoms with E-state index in [2.05, 4.69) is 16.6 Å². The molecular formula is C18H18N2O4S. The van der Waals surface area contributed by atoms with Crippen molar-refractivity contribution in [3.63, 3.8) is 0 Å². The molecule has 0 fully saturated rings. The monoisotopic (exact) mass is 358 g/mol. The molecule has 0 aliphatic carbocycles. The van der Waals surface area contributed by atoms with Crippen LogP contribution in [-0.2, 0) is 14.8 Å².